The van der Waals surface area contributed by atoms with Gasteiger partial charge in [0.05, 0.1) is 69.5 Å². The van der Waals surface area contributed by atoms with Crippen molar-refractivity contribution in [2.75, 3.05) is 98.6 Å². The maximum Gasteiger partial charge on any atom is 1.00 e. The van der Waals surface area contributed by atoms with E-state index in [2.05, 4.69) is 57.1 Å². The molecular formula is C91H108B4ClF15N10NaO21S2. The normalized spacial score (nSPS) is 14.5. The number of nitrogens with zero attached hydrogens (tertiary/aromatic N) is 9. The smallest absolute Gasteiger partial charge is 1.00 e. The van der Waals surface area contributed by atoms with Gasteiger partial charge in [0.2, 0.25) is 0 Å². The molecule has 4 fully saturated rings. The third-order valence-electron chi connectivity index (χ3n) is 20.5. The Kier molecular flexibility index (Phi) is 61.2. The monoisotopic (exact) mass is 2130 g/mol. The van der Waals surface area contributed by atoms with E-state index < -0.39 is 152 Å². The Morgan fingerprint density at radius 1 is 0.455 bits per heavy atom. The number of Topliss-reactive ketones (excluding diaryl/α,β-unsaturated/α-hetero) is 1. The van der Waals surface area contributed by atoms with E-state index in [4.69, 9.17) is 58.5 Å². The van der Waals surface area contributed by atoms with Gasteiger partial charge in [-0.15, -0.1) is 12.8 Å². The fourth-order valence-electron chi connectivity index (χ4n) is 12.7. The SMILES string of the molecule is C#CC#CC#CC#CC#C.C1CCOC1.CB(O)N1CCCCC1.CB(O)N1CCN(C(C)c2cc(N)cc(C(F)(F)F)c2)CC1.CB(O)N1CCN(C(C)c2cc([N+](=O)[O-])cc(C(F)(F)F)c2)CC1.CC(=O)c1cc([N+](=O)[O-])cc(C(F)(F)F)c1.CC(O)c1cc([N+](=O)[O-])cc(C(F)(F)F)c1.CO.CO.Cc1ccc(S(=O)(=O)Cl)cc1.Cc1ccc(S(=O)(=O)OC(C)c2cc([N+](=O)[O-])cc(C(F)(F)F)c2)cc1.[B].[H-].[Na+]. The number of ether oxygens (including phenoxy) is 1. The summed E-state index contributed by atoms with van der Waals surface area (Å²) < 4.78 is 246. The number of carbonyl (C=O) groups is 1. The Morgan fingerprint density at radius 2 is 0.745 bits per heavy atom. The summed E-state index contributed by atoms with van der Waals surface area (Å²) in [5.74, 6) is 17.7. The van der Waals surface area contributed by atoms with Crippen LogP contribution < -0.4 is 35.3 Å². The van der Waals surface area contributed by atoms with Crippen LogP contribution in [0.5, 0.6) is 0 Å². The van der Waals surface area contributed by atoms with Crippen molar-refractivity contribution in [3.63, 3.8) is 0 Å². The van der Waals surface area contributed by atoms with Gasteiger partial charge in [0, 0.05) is 171 Å². The molecule has 0 aromatic heterocycles. The molecule has 4 aliphatic heterocycles. The zero-order chi connectivity index (χ0) is 110. The van der Waals surface area contributed by atoms with Crippen molar-refractivity contribution in [1.82, 2.24) is 24.2 Å². The first kappa shape index (κ1) is 136. The number of benzene rings is 7. The van der Waals surface area contributed by atoms with Gasteiger partial charge in [-0.05, 0) is 244 Å². The molecule has 0 amide bonds. The minimum absolute atomic E-state index is 0. The summed E-state index contributed by atoms with van der Waals surface area (Å²) in [6.07, 6.45) is -9.76. The Hall–Kier alpha value is -10.7. The third kappa shape index (κ3) is 51.0. The largest absolute Gasteiger partial charge is 1.00 e. The first-order chi connectivity index (χ1) is 66.3. The van der Waals surface area contributed by atoms with E-state index >= 15 is 0 Å². The van der Waals surface area contributed by atoms with Crippen molar-refractivity contribution in [3.05, 3.63) is 247 Å². The van der Waals surface area contributed by atoms with Crippen LogP contribution in [-0.2, 0) is 59.0 Å². The molecule has 4 atom stereocenters. The zero-order valence-electron chi connectivity index (χ0n) is 81.8. The molecule has 7 aromatic rings. The molecule has 0 aliphatic carbocycles. The number of anilines is 1. The topological polar surface area (TPSA) is 440 Å². The summed E-state index contributed by atoms with van der Waals surface area (Å²) in [4.78, 5) is 59.8. The van der Waals surface area contributed by atoms with E-state index in [1.54, 1.807) is 45.7 Å². The Morgan fingerprint density at radius 3 is 1.04 bits per heavy atom. The van der Waals surface area contributed by atoms with Gasteiger partial charge in [-0.2, -0.15) is 74.3 Å². The van der Waals surface area contributed by atoms with Crippen molar-refractivity contribution >= 4 is 93.6 Å². The number of ketones is 1. The number of carbonyl (C=O) groups excluding carboxylic acids is 1. The van der Waals surface area contributed by atoms with E-state index in [-0.39, 0.29) is 96.3 Å². The maximum absolute atomic E-state index is 13.0. The van der Waals surface area contributed by atoms with Gasteiger partial charge in [0.15, 0.2) is 5.78 Å². The van der Waals surface area contributed by atoms with Crippen LogP contribution in [0.4, 0.5) is 94.3 Å². The summed E-state index contributed by atoms with van der Waals surface area (Å²) in [6, 6.07) is 23.7. The number of nitrogen functional groups attached to an aromatic ring is 1. The van der Waals surface area contributed by atoms with Crippen LogP contribution in [0, 0.1) is 115 Å². The second-order valence-corrected chi connectivity index (χ2v) is 35.1. The molecule has 785 valence electrons. The van der Waals surface area contributed by atoms with Gasteiger partial charge in [0.1, 0.15) is 0 Å². The van der Waals surface area contributed by atoms with Crippen LogP contribution in [0.3, 0.4) is 0 Å². The van der Waals surface area contributed by atoms with Crippen molar-refractivity contribution in [2.24, 2.45) is 0 Å². The van der Waals surface area contributed by atoms with Gasteiger partial charge in [-0.3, -0.25) is 59.2 Å². The molecule has 7 aromatic carbocycles. The van der Waals surface area contributed by atoms with Gasteiger partial charge >= 0.3 is 81.6 Å². The molecular weight excluding hydrogens is 2020 g/mol. The van der Waals surface area contributed by atoms with Crippen molar-refractivity contribution < 1.29 is 177 Å². The summed E-state index contributed by atoms with van der Waals surface area (Å²) in [7, 11) is -2.02. The van der Waals surface area contributed by atoms with Crippen LogP contribution in [-0.4, -0.2) is 219 Å². The average molecular weight is 2130 g/mol. The number of non-ortho nitro benzene ring substituents is 4. The minimum atomic E-state index is -4.82. The first-order valence-electron chi connectivity index (χ1n) is 42.6. The number of aryl methyl sites for hydroxylation is 2. The van der Waals surface area contributed by atoms with Crippen molar-refractivity contribution in [3.8, 4) is 60.2 Å². The summed E-state index contributed by atoms with van der Waals surface area (Å²) >= 11 is 0. The molecule has 4 saturated heterocycles. The van der Waals surface area contributed by atoms with E-state index in [1.165, 1.54) is 94.5 Å². The van der Waals surface area contributed by atoms with Gasteiger partial charge in [-0.1, -0.05) is 41.8 Å². The van der Waals surface area contributed by atoms with Crippen LogP contribution in [0.1, 0.15) is 164 Å². The summed E-state index contributed by atoms with van der Waals surface area (Å²) in [5, 5.41) is 93.9. The number of alkyl halides is 15. The molecule has 3 radical (unpaired) electrons. The molecule has 54 heteroatoms. The number of terminal acetylenes is 2. The van der Waals surface area contributed by atoms with E-state index in [9.17, 15) is 138 Å². The second-order valence-electron chi connectivity index (χ2n) is 30.9. The number of aliphatic hydroxyl groups is 3. The number of rotatable bonds is 18. The molecule has 11 rings (SSSR count). The van der Waals surface area contributed by atoms with Crippen LogP contribution >= 0.6 is 10.7 Å². The number of hydrogen-bond acceptors (Lipinski definition) is 27. The number of piperidine rings is 1. The molecule has 4 unspecified atom stereocenters. The molecule has 0 spiro atoms. The van der Waals surface area contributed by atoms with E-state index in [1.807, 2.05) is 35.2 Å². The quantitative estimate of drug-likeness (QED) is 0.00483. The fourth-order valence-corrected chi connectivity index (χ4v) is 14.6. The minimum Gasteiger partial charge on any atom is -1.00 e. The standard InChI is InChI=1S/C16H14F3NO5S.C14H19BF3N3O3.C14H21BF3N3O.C10H2.C9H8F3NO3.C9H6F3NO3.C7H7ClO2S.C6H14BNO.C4H8O.2CH4O.B.Na.H/c1-10-3-5-15(6-4-10)26(23,24)25-11(2)12-7-13(16(17,18)19)9-14(8-12)20(21)22;1-10(19-3-5-20(6-4-19)15(2)22)11-7-12(14(16,17)18)9-13(8-11)21(23)24;1-10(20-3-5-21(6-4-20)15(2)22)11-7-12(14(16,17)18)9-13(19)8-11;1-3-5-7-9-10-8-6-4-2;2*1-5(14)6-2-7(9(10,11)12)4-8(3-6)13(15)16;1-6-2-4-7(5-3-6)11(8,9)10;1-7(9)8-5-3-2-4-6-8;1-2-4-5-3-1;2*1-2;;;/h3-9,11H,1-2H3;7-10,22H,3-6H2,1-2H3;7-10,22H,3-6,19H2,1-2H3;1-2H;2-5,14H,1H3;2-4H,1H3;2-5H,1H3;9H,2-6H2,1H3;1-4H2;2*2H,1H3;;;/q;;;;;;;;;;;;+1;-1. The van der Waals surface area contributed by atoms with E-state index in [0.717, 1.165) is 88.9 Å². The Bertz CT molecular complexity index is 5760. The van der Waals surface area contributed by atoms with E-state index in [0.29, 0.717) is 100 Å². The van der Waals surface area contributed by atoms with Gasteiger partial charge in [-0.25, -0.2) is 8.42 Å². The summed E-state index contributed by atoms with van der Waals surface area (Å²) in [6.45, 7) is 25.2. The fraction of sp³-hybridized carbons (Fsp3) is 0.418. The molecule has 145 heavy (non-hydrogen) atoms. The van der Waals surface area contributed by atoms with Gasteiger partial charge in [0.25, 0.3) is 41.9 Å². The van der Waals surface area contributed by atoms with Crippen molar-refractivity contribution in [1.29, 1.82) is 0 Å². The predicted molar refractivity (Wildman–Crippen MR) is 515 cm³/mol. The number of halogens is 16. The molecule has 8 N–H and O–H groups in total. The molecule has 0 bridgehead atoms. The van der Waals surface area contributed by atoms with Gasteiger partial charge < -0.3 is 56.7 Å². The summed E-state index contributed by atoms with van der Waals surface area (Å²) in [5.41, 5.74) is -0.477. The van der Waals surface area contributed by atoms with Crippen LogP contribution in [0.15, 0.2) is 149 Å². The number of piperazine rings is 2. The average Bonchev–Trinajstić information content (AvgIpc) is 1.72. The second kappa shape index (κ2) is 65.1. The molecule has 4 aliphatic rings. The number of nitrogens with two attached hydrogens (primary N) is 1. The maximum atomic E-state index is 13.0. The van der Waals surface area contributed by atoms with Crippen molar-refractivity contribution in [2.45, 2.75) is 166 Å². The third-order valence-corrected chi connectivity index (χ3v) is 23.2. The first-order valence-corrected chi connectivity index (χ1v) is 46.3. The van der Waals surface area contributed by atoms with Crippen LogP contribution in [0.25, 0.3) is 0 Å². The van der Waals surface area contributed by atoms with Crippen LogP contribution in [0.2, 0.25) is 20.5 Å². The Labute approximate surface area is 861 Å². The number of aliphatic hydroxyl groups excluding tert-OH is 3. The predicted octanol–water partition coefficient (Wildman–Crippen LogP) is 13.9. The number of nitro groups is 4. The zero-order valence-corrected chi connectivity index (χ0v) is 85.2. The molecule has 31 nitrogen and oxygen atoms in total. The molecule has 4 heterocycles. The number of hydrogen-bond donors (Lipinski definition) is 7. The Balaban J connectivity index is -0.00000161. The molecule has 0 saturated carbocycles. The number of nitro benzene ring substituents is 4.